The molecule has 0 unspecified atom stereocenters. The summed E-state index contributed by atoms with van der Waals surface area (Å²) in [4.78, 5) is 11.9. The van der Waals surface area contributed by atoms with Gasteiger partial charge in [-0.25, -0.2) is 0 Å². The quantitative estimate of drug-likeness (QED) is 0.885. The van der Waals surface area contributed by atoms with Gasteiger partial charge in [-0.1, -0.05) is 5.16 Å². The second-order valence-corrected chi connectivity index (χ2v) is 5.68. The molecule has 0 fully saturated rings. The zero-order valence-corrected chi connectivity index (χ0v) is 14.0. The molecule has 0 saturated heterocycles. The molecule has 0 atom stereocenters. The van der Waals surface area contributed by atoms with Gasteiger partial charge in [-0.2, -0.15) is 5.10 Å². The Morgan fingerprint density at radius 2 is 1.86 bits per heavy atom. The van der Waals surface area contributed by atoms with Gasteiger partial charge >= 0.3 is 0 Å². The largest absolute Gasteiger partial charge is 0.361 e. The van der Waals surface area contributed by atoms with Gasteiger partial charge in [-0.15, -0.1) is 0 Å². The van der Waals surface area contributed by atoms with Gasteiger partial charge in [0.1, 0.15) is 5.76 Å². The van der Waals surface area contributed by atoms with Crippen molar-refractivity contribution >= 4 is 5.91 Å². The SMILES string of the molecule is Cc1noc(C)c1CCC(=O)NCCc1c(C)nn(C)c1C. The highest BCUT2D eigenvalue weighted by atomic mass is 16.5. The molecule has 1 N–H and O–H groups in total. The molecule has 0 saturated carbocycles. The van der Waals surface area contributed by atoms with Gasteiger partial charge in [0.25, 0.3) is 0 Å². The maximum atomic E-state index is 11.9. The number of nitrogens with zero attached hydrogens (tertiary/aromatic N) is 3. The lowest BCUT2D eigenvalue weighted by Crippen LogP contribution is -2.26. The van der Waals surface area contributed by atoms with Crippen LogP contribution in [-0.4, -0.2) is 27.4 Å². The van der Waals surface area contributed by atoms with Gasteiger partial charge in [0, 0.05) is 31.3 Å². The lowest BCUT2D eigenvalue weighted by atomic mass is 10.1. The number of nitrogens with one attached hydrogen (secondary N) is 1. The lowest BCUT2D eigenvalue weighted by Gasteiger charge is -2.06. The Kier molecular flexibility index (Phi) is 5.00. The second kappa shape index (κ2) is 6.77. The first-order valence-electron chi connectivity index (χ1n) is 7.57. The number of amides is 1. The maximum Gasteiger partial charge on any atom is 0.220 e. The summed E-state index contributed by atoms with van der Waals surface area (Å²) < 4.78 is 6.98. The Morgan fingerprint density at radius 1 is 1.14 bits per heavy atom. The molecule has 0 aliphatic carbocycles. The molecule has 120 valence electrons. The van der Waals surface area contributed by atoms with Crippen LogP contribution in [0.1, 0.15) is 40.4 Å². The van der Waals surface area contributed by atoms with E-state index in [2.05, 4.69) is 22.5 Å². The smallest absolute Gasteiger partial charge is 0.220 e. The zero-order chi connectivity index (χ0) is 16.3. The molecule has 2 aromatic rings. The van der Waals surface area contributed by atoms with Crippen LogP contribution in [0.15, 0.2) is 4.52 Å². The number of hydrogen-bond donors (Lipinski definition) is 1. The van der Waals surface area contributed by atoms with E-state index < -0.39 is 0 Å². The Hall–Kier alpha value is -2.11. The molecule has 0 aliphatic heterocycles. The Labute approximate surface area is 130 Å². The van der Waals surface area contributed by atoms with Gasteiger partial charge in [-0.05, 0) is 46.1 Å². The third-order valence-corrected chi connectivity index (χ3v) is 4.14. The van der Waals surface area contributed by atoms with E-state index in [1.54, 1.807) is 0 Å². The van der Waals surface area contributed by atoms with Crippen LogP contribution in [0.3, 0.4) is 0 Å². The van der Waals surface area contributed by atoms with Crippen molar-refractivity contribution in [3.63, 3.8) is 0 Å². The average molecular weight is 304 g/mol. The molecule has 6 heteroatoms. The predicted octanol–water partition coefficient (Wildman–Crippen LogP) is 1.93. The van der Waals surface area contributed by atoms with Crippen LogP contribution in [0.4, 0.5) is 0 Å². The predicted molar refractivity (Wildman–Crippen MR) is 83.7 cm³/mol. The van der Waals surface area contributed by atoms with Gasteiger partial charge < -0.3 is 9.84 Å². The monoisotopic (exact) mass is 304 g/mol. The molecule has 6 nitrogen and oxygen atoms in total. The molecule has 0 bridgehead atoms. The van der Waals surface area contributed by atoms with E-state index in [9.17, 15) is 4.79 Å². The summed E-state index contributed by atoms with van der Waals surface area (Å²) in [6.45, 7) is 8.46. The van der Waals surface area contributed by atoms with Crippen molar-refractivity contribution in [2.75, 3.05) is 6.54 Å². The van der Waals surface area contributed by atoms with Crippen molar-refractivity contribution in [1.29, 1.82) is 0 Å². The van der Waals surface area contributed by atoms with Crippen molar-refractivity contribution in [3.8, 4) is 0 Å². The van der Waals surface area contributed by atoms with Crippen LogP contribution in [0.5, 0.6) is 0 Å². The summed E-state index contributed by atoms with van der Waals surface area (Å²) in [6, 6.07) is 0. The Morgan fingerprint density at radius 3 is 2.41 bits per heavy atom. The van der Waals surface area contributed by atoms with Gasteiger partial charge in [-0.3, -0.25) is 9.48 Å². The van der Waals surface area contributed by atoms with Gasteiger partial charge in [0.15, 0.2) is 0 Å². The Bertz CT molecular complexity index is 650. The minimum Gasteiger partial charge on any atom is -0.361 e. The van der Waals surface area contributed by atoms with Crippen LogP contribution in [-0.2, 0) is 24.7 Å². The van der Waals surface area contributed by atoms with Gasteiger partial charge in [0.05, 0.1) is 11.4 Å². The summed E-state index contributed by atoms with van der Waals surface area (Å²) >= 11 is 0. The molecule has 2 aromatic heterocycles. The number of rotatable bonds is 6. The van der Waals surface area contributed by atoms with Crippen LogP contribution in [0.25, 0.3) is 0 Å². The highest BCUT2D eigenvalue weighted by molar-refractivity contribution is 5.76. The van der Waals surface area contributed by atoms with Crippen LogP contribution in [0, 0.1) is 27.7 Å². The fourth-order valence-electron chi connectivity index (χ4n) is 2.69. The molecule has 1 amide bonds. The fourth-order valence-corrected chi connectivity index (χ4v) is 2.69. The molecule has 0 radical (unpaired) electrons. The third-order valence-electron chi connectivity index (χ3n) is 4.14. The summed E-state index contributed by atoms with van der Waals surface area (Å²) in [5.74, 6) is 0.853. The first-order chi connectivity index (χ1) is 10.4. The van der Waals surface area contributed by atoms with Crippen molar-refractivity contribution in [3.05, 3.63) is 34.0 Å². The van der Waals surface area contributed by atoms with Gasteiger partial charge in [0.2, 0.25) is 5.91 Å². The first-order valence-corrected chi connectivity index (χ1v) is 7.57. The number of carbonyl (C=O) groups excluding carboxylic acids is 1. The molecule has 2 heterocycles. The molecule has 22 heavy (non-hydrogen) atoms. The highest BCUT2D eigenvalue weighted by Crippen LogP contribution is 2.14. The van der Waals surface area contributed by atoms with E-state index in [0.29, 0.717) is 19.4 Å². The minimum atomic E-state index is 0.0548. The number of carbonyl (C=O) groups is 1. The lowest BCUT2D eigenvalue weighted by molar-refractivity contribution is -0.121. The van der Waals surface area contributed by atoms with Crippen molar-refractivity contribution < 1.29 is 9.32 Å². The van der Waals surface area contributed by atoms with Crippen LogP contribution < -0.4 is 5.32 Å². The van der Waals surface area contributed by atoms with E-state index in [1.165, 1.54) is 5.56 Å². The van der Waals surface area contributed by atoms with E-state index in [4.69, 9.17) is 4.52 Å². The van der Waals surface area contributed by atoms with E-state index in [0.717, 1.165) is 34.8 Å². The summed E-state index contributed by atoms with van der Waals surface area (Å²) in [5.41, 5.74) is 5.31. The minimum absolute atomic E-state index is 0.0548. The molecular weight excluding hydrogens is 280 g/mol. The van der Waals surface area contributed by atoms with E-state index in [1.807, 2.05) is 32.5 Å². The topological polar surface area (TPSA) is 73.0 Å². The fraction of sp³-hybridized carbons (Fsp3) is 0.562. The van der Waals surface area contributed by atoms with Crippen molar-refractivity contribution in [2.45, 2.75) is 47.0 Å². The average Bonchev–Trinajstić information content (AvgIpc) is 2.90. The third kappa shape index (κ3) is 3.55. The zero-order valence-electron chi connectivity index (χ0n) is 14.0. The van der Waals surface area contributed by atoms with Crippen molar-refractivity contribution in [1.82, 2.24) is 20.3 Å². The highest BCUT2D eigenvalue weighted by Gasteiger charge is 2.12. The van der Waals surface area contributed by atoms with E-state index >= 15 is 0 Å². The summed E-state index contributed by atoms with van der Waals surface area (Å²) in [7, 11) is 1.94. The molecule has 2 rings (SSSR count). The second-order valence-electron chi connectivity index (χ2n) is 5.68. The number of aryl methyl sites for hydroxylation is 4. The summed E-state index contributed by atoms with van der Waals surface area (Å²) in [6.07, 6.45) is 1.93. The molecule has 0 spiro atoms. The summed E-state index contributed by atoms with van der Waals surface area (Å²) in [5, 5.41) is 11.3. The molecule has 0 aliphatic rings. The van der Waals surface area contributed by atoms with Crippen molar-refractivity contribution in [2.24, 2.45) is 7.05 Å². The molecule has 0 aromatic carbocycles. The van der Waals surface area contributed by atoms with E-state index in [-0.39, 0.29) is 5.91 Å². The molecular formula is C16H24N4O2. The first kappa shape index (κ1) is 16.3. The maximum absolute atomic E-state index is 11.9. The van der Waals surface area contributed by atoms with Crippen LogP contribution in [0.2, 0.25) is 0 Å². The normalized spacial score (nSPS) is 11.0. The number of hydrogen-bond acceptors (Lipinski definition) is 4. The number of aromatic nitrogens is 3. The Balaban J connectivity index is 1.79. The van der Waals surface area contributed by atoms with Crippen LogP contribution >= 0.6 is 0 Å². The standard InChI is InChI=1S/C16H24N4O2/c1-10-14(12(3)20(5)18-10)8-9-17-16(21)7-6-15-11(2)19-22-13(15)4/h6-9H2,1-5H3,(H,17,21).